The van der Waals surface area contributed by atoms with Gasteiger partial charge in [-0.3, -0.25) is 4.79 Å². The molecule has 0 bridgehead atoms. The minimum Gasteiger partial charge on any atom is -0.494 e. The van der Waals surface area contributed by atoms with Crippen molar-refractivity contribution in [2.45, 2.75) is 38.5 Å². The quantitative estimate of drug-likeness (QED) is 0.691. The number of ether oxygens (including phenoxy) is 2. The minimum absolute atomic E-state index is 0.185. The number of amides is 1. The maximum atomic E-state index is 13.0. The molecular weight excluding hydrogens is 406 g/mol. The summed E-state index contributed by atoms with van der Waals surface area (Å²) in [6.45, 7) is 1.66. The molecule has 1 aromatic carbocycles. The Hall–Kier alpha value is -2.84. The van der Waals surface area contributed by atoms with Gasteiger partial charge in [-0.1, -0.05) is 17.7 Å². The van der Waals surface area contributed by atoms with Gasteiger partial charge in [-0.15, -0.1) is 0 Å². The van der Waals surface area contributed by atoms with Crippen LogP contribution in [0, 0.1) is 0 Å². The van der Waals surface area contributed by atoms with Crippen LogP contribution in [-0.4, -0.2) is 39.0 Å². The van der Waals surface area contributed by atoms with Crippen LogP contribution in [0.25, 0.3) is 5.69 Å². The maximum Gasteiger partial charge on any atom is 0.272 e. The summed E-state index contributed by atoms with van der Waals surface area (Å²) in [6, 6.07) is 5.13. The average molecular weight is 428 g/mol. The molecule has 3 aromatic rings. The molecule has 5 rings (SSSR count). The number of carbonyl (C=O) groups is 1. The number of hydrogen-bond donors (Lipinski definition) is 1. The molecule has 30 heavy (non-hydrogen) atoms. The van der Waals surface area contributed by atoms with Gasteiger partial charge in [0.2, 0.25) is 0 Å². The van der Waals surface area contributed by atoms with Crippen molar-refractivity contribution in [1.82, 2.24) is 24.6 Å². The summed E-state index contributed by atoms with van der Waals surface area (Å²) in [5.74, 6) is 0.430. The SMILES string of the molecule is COc1cccc(Cl)c1-n1ncc2c1COCC2NC(=O)c1ncn2c1CCCC2. The topological polar surface area (TPSA) is 83.2 Å². The van der Waals surface area contributed by atoms with Crippen LogP contribution in [-0.2, 0) is 24.3 Å². The van der Waals surface area contributed by atoms with Gasteiger partial charge >= 0.3 is 0 Å². The fourth-order valence-electron chi connectivity index (χ4n) is 4.22. The second-order valence-electron chi connectivity index (χ2n) is 7.48. The number of hydrogen-bond acceptors (Lipinski definition) is 5. The van der Waals surface area contributed by atoms with Gasteiger partial charge in [0.1, 0.15) is 17.1 Å². The zero-order chi connectivity index (χ0) is 20.7. The number of para-hydroxylation sites is 1. The van der Waals surface area contributed by atoms with E-state index >= 15 is 0 Å². The summed E-state index contributed by atoms with van der Waals surface area (Å²) in [5, 5.41) is 8.13. The van der Waals surface area contributed by atoms with E-state index in [1.165, 1.54) is 0 Å². The van der Waals surface area contributed by atoms with E-state index in [1.807, 2.05) is 12.1 Å². The lowest BCUT2D eigenvalue weighted by atomic mass is 10.0. The molecule has 0 fully saturated rings. The third-order valence-corrected chi connectivity index (χ3v) is 6.02. The zero-order valence-corrected chi connectivity index (χ0v) is 17.4. The van der Waals surface area contributed by atoms with Gasteiger partial charge in [0, 0.05) is 12.1 Å². The molecule has 0 saturated heterocycles. The van der Waals surface area contributed by atoms with Gasteiger partial charge in [-0.25, -0.2) is 9.67 Å². The number of fused-ring (bicyclic) bond motifs is 2. The Morgan fingerprint density at radius 3 is 3.10 bits per heavy atom. The Kier molecular flexibility index (Phi) is 4.96. The maximum absolute atomic E-state index is 13.0. The Morgan fingerprint density at radius 1 is 1.33 bits per heavy atom. The lowest BCUT2D eigenvalue weighted by Gasteiger charge is -2.25. The molecule has 2 aliphatic heterocycles. The van der Waals surface area contributed by atoms with Crippen molar-refractivity contribution in [3.05, 3.63) is 58.4 Å². The molecule has 1 unspecified atom stereocenters. The molecule has 4 heterocycles. The second-order valence-corrected chi connectivity index (χ2v) is 7.89. The highest BCUT2D eigenvalue weighted by Gasteiger charge is 2.30. The summed E-state index contributed by atoms with van der Waals surface area (Å²) < 4.78 is 15.1. The van der Waals surface area contributed by atoms with Gasteiger partial charge in [0.05, 0.1) is 55.3 Å². The smallest absolute Gasteiger partial charge is 0.272 e. The highest BCUT2D eigenvalue weighted by atomic mass is 35.5. The van der Waals surface area contributed by atoms with Crippen molar-refractivity contribution in [1.29, 1.82) is 0 Å². The van der Waals surface area contributed by atoms with Gasteiger partial charge in [0.25, 0.3) is 5.91 Å². The van der Waals surface area contributed by atoms with E-state index < -0.39 is 0 Å². The fourth-order valence-corrected chi connectivity index (χ4v) is 4.46. The van der Waals surface area contributed by atoms with E-state index in [2.05, 4.69) is 20.0 Å². The van der Waals surface area contributed by atoms with E-state index in [0.717, 1.165) is 42.8 Å². The van der Waals surface area contributed by atoms with Crippen molar-refractivity contribution < 1.29 is 14.3 Å². The van der Waals surface area contributed by atoms with Crippen LogP contribution >= 0.6 is 11.6 Å². The number of halogens is 1. The molecule has 156 valence electrons. The van der Waals surface area contributed by atoms with E-state index in [4.69, 9.17) is 21.1 Å². The van der Waals surface area contributed by atoms with Crippen LogP contribution in [0.15, 0.2) is 30.7 Å². The number of benzene rings is 1. The molecule has 1 atom stereocenters. The molecule has 0 spiro atoms. The van der Waals surface area contributed by atoms with Gasteiger partial charge in [-0.05, 0) is 31.4 Å². The van der Waals surface area contributed by atoms with E-state index in [1.54, 1.807) is 30.4 Å². The van der Waals surface area contributed by atoms with Crippen molar-refractivity contribution >= 4 is 17.5 Å². The Labute approximate surface area is 178 Å². The summed E-state index contributed by atoms with van der Waals surface area (Å²) >= 11 is 6.44. The lowest BCUT2D eigenvalue weighted by molar-refractivity contribution is 0.0683. The van der Waals surface area contributed by atoms with Crippen LogP contribution in [0.5, 0.6) is 5.75 Å². The summed E-state index contributed by atoms with van der Waals surface area (Å²) in [5.41, 5.74) is 3.91. The standard InChI is InChI=1S/C21H22ClN5O3/c1-29-18-7-4-5-14(22)20(18)27-17-11-30-10-15(13(17)9-24-27)25-21(28)19-16-6-2-3-8-26(16)12-23-19/h4-5,7,9,12,15H,2-3,6,8,10-11H2,1H3,(H,25,28). The first kappa shape index (κ1) is 19.1. The van der Waals surface area contributed by atoms with Gasteiger partial charge in [0.15, 0.2) is 0 Å². The summed E-state index contributed by atoms with van der Waals surface area (Å²) in [7, 11) is 1.59. The second kappa shape index (κ2) is 7.77. The van der Waals surface area contributed by atoms with Crippen LogP contribution in [0.4, 0.5) is 0 Å². The van der Waals surface area contributed by atoms with E-state index in [9.17, 15) is 4.79 Å². The first-order valence-electron chi connectivity index (χ1n) is 9.99. The third kappa shape index (κ3) is 3.16. The van der Waals surface area contributed by atoms with Gasteiger partial charge in [-0.2, -0.15) is 5.10 Å². The van der Waals surface area contributed by atoms with Crippen LogP contribution in [0.2, 0.25) is 5.02 Å². The zero-order valence-electron chi connectivity index (χ0n) is 16.6. The van der Waals surface area contributed by atoms with Crippen molar-refractivity contribution in [3.8, 4) is 11.4 Å². The fraction of sp³-hybridized carbons (Fsp3) is 0.381. The van der Waals surface area contributed by atoms with Crippen LogP contribution in [0.1, 0.15) is 46.3 Å². The Balaban J connectivity index is 1.45. The highest BCUT2D eigenvalue weighted by molar-refractivity contribution is 6.32. The number of aryl methyl sites for hydroxylation is 1. The molecule has 9 heteroatoms. The number of imidazole rings is 1. The molecule has 1 N–H and O–H groups in total. The average Bonchev–Trinajstić information content (AvgIpc) is 3.38. The number of methoxy groups -OCH3 is 1. The van der Waals surface area contributed by atoms with Crippen molar-refractivity contribution in [2.24, 2.45) is 0 Å². The lowest BCUT2D eigenvalue weighted by Crippen LogP contribution is -2.35. The number of rotatable bonds is 4. The van der Waals surface area contributed by atoms with E-state index in [-0.39, 0.29) is 11.9 Å². The summed E-state index contributed by atoms with van der Waals surface area (Å²) in [4.78, 5) is 17.3. The predicted molar refractivity (Wildman–Crippen MR) is 110 cm³/mol. The molecule has 2 aromatic heterocycles. The van der Waals surface area contributed by atoms with E-state index in [0.29, 0.717) is 35.4 Å². The first-order chi connectivity index (χ1) is 14.7. The number of nitrogens with zero attached hydrogens (tertiary/aromatic N) is 4. The van der Waals surface area contributed by atoms with Crippen LogP contribution in [0.3, 0.4) is 0 Å². The predicted octanol–water partition coefficient (Wildman–Crippen LogP) is 3.07. The van der Waals surface area contributed by atoms with Crippen LogP contribution < -0.4 is 10.1 Å². The normalized spacial score (nSPS) is 17.9. The minimum atomic E-state index is -0.315. The number of nitrogens with one attached hydrogen (secondary N) is 1. The Morgan fingerprint density at radius 2 is 2.23 bits per heavy atom. The Bertz CT molecular complexity index is 1110. The number of aromatic nitrogens is 4. The molecule has 0 radical (unpaired) electrons. The van der Waals surface area contributed by atoms with Gasteiger partial charge < -0.3 is 19.4 Å². The molecule has 0 aliphatic carbocycles. The van der Waals surface area contributed by atoms with Crippen molar-refractivity contribution in [3.63, 3.8) is 0 Å². The third-order valence-electron chi connectivity index (χ3n) is 5.71. The molecule has 1 amide bonds. The molecule has 0 saturated carbocycles. The number of carbonyl (C=O) groups excluding carboxylic acids is 1. The molecule has 8 nitrogen and oxygen atoms in total. The largest absolute Gasteiger partial charge is 0.494 e. The highest BCUT2D eigenvalue weighted by Crippen LogP contribution is 2.34. The first-order valence-corrected chi connectivity index (χ1v) is 10.4. The summed E-state index contributed by atoms with van der Waals surface area (Å²) in [6.07, 6.45) is 6.59. The molecule has 2 aliphatic rings. The molecular formula is C21H22ClN5O3. The van der Waals surface area contributed by atoms with Crippen molar-refractivity contribution in [2.75, 3.05) is 13.7 Å². The monoisotopic (exact) mass is 427 g/mol.